The van der Waals surface area contributed by atoms with Crippen LogP contribution in [0.5, 0.6) is 11.5 Å². The third-order valence-corrected chi connectivity index (χ3v) is 11.9. The number of para-hydroxylation sites is 3. The predicted octanol–water partition coefficient (Wildman–Crippen LogP) is 14.3. The van der Waals surface area contributed by atoms with Crippen LogP contribution in [0.15, 0.2) is 205 Å². The highest BCUT2D eigenvalue weighted by atomic mass is 16.5. The van der Waals surface area contributed by atoms with Gasteiger partial charge in [0, 0.05) is 33.0 Å². The molecule has 0 N–H and O–H groups in total. The molecule has 0 amide bonds. The lowest BCUT2D eigenvalue weighted by Crippen LogP contribution is -2.32. The number of benzene rings is 9. The molecule has 0 saturated heterocycles. The van der Waals surface area contributed by atoms with Gasteiger partial charge < -0.3 is 14.1 Å². The molecule has 3 heteroatoms. The second-order valence-corrected chi connectivity index (χ2v) is 14.8. The van der Waals surface area contributed by atoms with Gasteiger partial charge in [0.1, 0.15) is 16.9 Å². The summed E-state index contributed by atoms with van der Waals surface area (Å²) in [6.45, 7) is 0. The van der Waals surface area contributed by atoms with Crippen molar-refractivity contribution in [1.82, 2.24) is 0 Å². The zero-order valence-corrected chi connectivity index (χ0v) is 30.3. The smallest absolute Gasteiger partial charge is 0.156 e. The Bertz CT molecular complexity index is 3130. The van der Waals surface area contributed by atoms with Crippen molar-refractivity contribution in [3.63, 3.8) is 0 Å². The van der Waals surface area contributed by atoms with Crippen LogP contribution >= 0.6 is 0 Å². The molecule has 56 heavy (non-hydrogen) atoms. The number of rotatable bonds is 4. The molecular weight excluding hydrogens is 683 g/mol. The molecule has 262 valence electrons. The van der Waals surface area contributed by atoms with Crippen LogP contribution < -0.4 is 9.64 Å². The summed E-state index contributed by atoms with van der Waals surface area (Å²) in [7, 11) is 0. The number of hydrogen-bond acceptors (Lipinski definition) is 3. The van der Waals surface area contributed by atoms with Crippen molar-refractivity contribution in [1.29, 1.82) is 0 Å². The van der Waals surface area contributed by atoms with E-state index < -0.39 is 5.41 Å². The first-order chi connectivity index (χ1) is 27.8. The highest BCUT2D eigenvalue weighted by Gasteiger charge is 2.51. The van der Waals surface area contributed by atoms with Crippen LogP contribution in [-0.2, 0) is 5.41 Å². The van der Waals surface area contributed by atoms with Crippen LogP contribution in [0, 0.1) is 0 Å². The Balaban J connectivity index is 1.18. The molecule has 3 nitrogen and oxygen atoms in total. The largest absolute Gasteiger partial charge is 0.455 e. The molecule has 0 unspecified atom stereocenters. The molecule has 1 aliphatic carbocycles. The number of anilines is 3. The zero-order chi connectivity index (χ0) is 36.8. The molecular formula is C53H33NO2. The topological polar surface area (TPSA) is 25.6 Å². The minimum Gasteiger partial charge on any atom is -0.455 e. The van der Waals surface area contributed by atoms with Gasteiger partial charge in [0.25, 0.3) is 0 Å². The van der Waals surface area contributed by atoms with Gasteiger partial charge in [-0.15, -0.1) is 0 Å². The fraction of sp³-hybridized carbons (Fsp3) is 0.0189. The van der Waals surface area contributed by atoms with Crippen molar-refractivity contribution < 1.29 is 9.15 Å². The molecule has 1 aliphatic heterocycles. The third-order valence-electron chi connectivity index (χ3n) is 11.9. The molecule has 12 rings (SSSR count). The Labute approximate surface area is 324 Å². The average Bonchev–Trinajstić information content (AvgIpc) is 3.79. The third kappa shape index (κ3) is 4.22. The summed E-state index contributed by atoms with van der Waals surface area (Å²) >= 11 is 0. The van der Waals surface area contributed by atoms with E-state index in [1.807, 2.05) is 6.07 Å². The SMILES string of the molecule is c1ccc(-c2ccc(N(c3cccc4c3Oc3ccccc3C43c4ccccc4-c4ccccc43)c3cccc4ccc5c6ccccc6oc5c34)cc2)cc1. The second-order valence-electron chi connectivity index (χ2n) is 14.8. The summed E-state index contributed by atoms with van der Waals surface area (Å²) in [4.78, 5) is 2.37. The Hall–Kier alpha value is -7.36. The Morgan fingerprint density at radius 3 is 1.84 bits per heavy atom. The lowest BCUT2D eigenvalue weighted by atomic mass is 9.66. The fourth-order valence-electron chi connectivity index (χ4n) is 9.60. The quantitative estimate of drug-likeness (QED) is 0.181. The van der Waals surface area contributed by atoms with E-state index in [0.29, 0.717) is 0 Å². The maximum absolute atomic E-state index is 7.22. The van der Waals surface area contributed by atoms with E-state index in [9.17, 15) is 0 Å². The van der Waals surface area contributed by atoms with Crippen LogP contribution in [0.2, 0.25) is 0 Å². The average molecular weight is 716 g/mol. The Morgan fingerprint density at radius 1 is 0.411 bits per heavy atom. The number of hydrogen-bond donors (Lipinski definition) is 0. The van der Waals surface area contributed by atoms with Crippen LogP contribution in [0.3, 0.4) is 0 Å². The molecule has 0 radical (unpaired) electrons. The van der Waals surface area contributed by atoms with Gasteiger partial charge in [-0.3, -0.25) is 0 Å². The van der Waals surface area contributed by atoms with Crippen LogP contribution in [0.1, 0.15) is 22.3 Å². The van der Waals surface area contributed by atoms with Gasteiger partial charge in [0.05, 0.1) is 16.8 Å². The monoisotopic (exact) mass is 715 g/mol. The minimum absolute atomic E-state index is 0.582. The zero-order valence-electron chi connectivity index (χ0n) is 30.3. The molecule has 0 bridgehead atoms. The molecule has 2 aliphatic rings. The molecule has 10 aromatic rings. The van der Waals surface area contributed by atoms with Crippen molar-refractivity contribution in [3.05, 3.63) is 222 Å². The first-order valence-corrected chi connectivity index (χ1v) is 19.2. The summed E-state index contributed by atoms with van der Waals surface area (Å²) in [5, 5.41) is 4.35. The van der Waals surface area contributed by atoms with Crippen molar-refractivity contribution in [2.24, 2.45) is 0 Å². The fourth-order valence-corrected chi connectivity index (χ4v) is 9.60. The number of fused-ring (bicyclic) bond motifs is 14. The first-order valence-electron chi connectivity index (χ1n) is 19.2. The summed E-state index contributed by atoms with van der Waals surface area (Å²) < 4.78 is 14.0. The molecule has 1 spiro atoms. The number of nitrogens with zero attached hydrogens (tertiary/aromatic N) is 1. The van der Waals surface area contributed by atoms with Crippen molar-refractivity contribution in [2.45, 2.75) is 5.41 Å². The van der Waals surface area contributed by atoms with E-state index in [-0.39, 0.29) is 0 Å². The normalized spacial score (nSPS) is 13.3. The lowest BCUT2D eigenvalue weighted by Gasteiger charge is -2.41. The van der Waals surface area contributed by atoms with Gasteiger partial charge >= 0.3 is 0 Å². The van der Waals surface area contributed by atoms with Crippen molar-refractivity contribution in [3.8, 4) is 33.8 Å². The van der Waals surface area contributed by atoms with E-state index in [4.69, 9.17) is 9.15 Å². The molecule has 9 aromatic carbocycles. The molecule has 0 saturated carbocycles. The van der Waals surface area contributed by atoms with Crippen molar-refractivity contribution >= 4 is 49.8 Å². The molecule has 2 heterocycles. The van der Waals surface area contributed by atoms with Gasteiger partial charge in [-0.25, -0.2) is 0 Å². The van der Waals surface area contributed by atoms with E-state index in [2.05, 4.69) is 199 Å². The maximum Gasteiger partial charge on any atom is 0.156 e. The van der Waals surface area contributed by atoms with Crippen LogP contribution in [0.25, 0.3) is 55.0 Å². The summed E-state index contributed by atoms with van der Waals surface area (Å²) in [6, 6.07) is 71.7. The molecule has 1 aromatic heterocycles. The van der Waals surface area contributed by atoms with E-state index in [1.54, 1.807) is 0 Å². The minimum atomic E-state index is -0.582. The van der Waals surface area contributed by atoms with E-state index >= 15 is 0 Å². The highest BCUT2D eigenvalue weighted by molar-refractivity contribution is 6.19. The van der Waals surface area contributed by atoms with Gasteiger partial charge in [0.15, 0.2) is 5.75 Å². The van der Waals surface area contributed by atoms with Crippen LogP contribution in [0.4, 0.5) is 17.1 Å². The number of ether oxygens (including phenoxy) is 1. The molecule has 0 atom stereocenters. The Morgan fingerprint density at radius 2 is 1.04 bits per heavy atom. The maximum atomic E-state index is 7.22. The van der Waals surface area contributed by atoms with Gasteiger partial charge in [-0.05, 0) is 81.2 Å². The summed E-state index contributed by atoms with van der Waals surface area (Å²) in [5.41, 5.74) is 13.8. The first kappa shape index (κ1) is 31.0. The van der Waals surface area contributed by atoms with Gasteiger partial charge in [0.2, 0.25) is 0 Å². The molecule has 0 fully saturated rings. The van der Waals surface area contributed by atoms with E-state index in [1.165, 1.54) is 27.8 Å². The summed E-state index contributed by atoms with van der Waals surface area (Å²) in [5.74, 6) is 1.69. The van der Waals surface area contributed by atoms with Crippen molar-refractivity contribution in [2.75, 3.05) is 4.90 Å². The van der Waals surface area contributed by atoms with Gasteiger partial charge in [-0.2, -0.15) is 0 Å². The highest BCUT2D eigenvalue weighted by Crippen LogP contribution is 2.64. The van der Waals surface area contributed by atoms with E-state index in [0.717, 1.165) is 78.0 Å². The number of furan rings is 1. The lowest BCUT2D eigenvalue weighted by molar-refractivity contribution is 0.437. The second kappa shape index (κ2) is 11.8. The van der Waals surface area contributed by atoms with Crippen LogP contribution in [-0.4, -0.2) is 0 Å². The van der Waals surface area contributed by atoms with Gasteiger partial charge in [-0.1, -0.05) is 158 Å². The predicted molar refractivity (Wildman–Crippen MR) is 229 cm³/mol. The summed E-state index contributed by atoms with van der Waals surface area (Å²) in [6.07, 6.45) is 0. The standard InChI is InChI=1S/C53H33NO2/c1-2-14-34(15-3-1)35-28-31-37(32-29-35)54(46-24-12-16-36-30-33-41-40-19-6-10-26-48(40)55-51(41)50(36)46)47-25-13-23-45-52(47)56-49-27-11-9-22-44(49)53(45)42-20-7-4-17-38(42)39-18-5-8-21-43(39)53/h1-33H. The Kier molecular flexibility index (Phi) is 6.55.